The van der Waals surface area contributed by atoms with Crippen LogP contribution in [0.2, 0.25) is 5.02 Å². The van der Waals surface area contributed by atoms with E-state index in [2.05, 4.69) is 31.3 Å². The number of carboxylic acid groups (broad SMARTS) is 1. The first kappa shape index (κ1) is 36.1. The van der Waals surface area contributed by atoms with Crippen LogP contribution in [0.15, 0.2) is 48.5 Å². The topological polar surface area (TPSA) is 72.9 Å². The third kappa shape index (κ3) is 14.7. The van der Waals surface area contributed by atoms with Crippen molar-refractivity contribution in [3.63, 3.8) is 0 Å². The molecule has 2 amide bonds. The summed E-state index contributed by atoms with van der Waals surface area (Å²) in [6.45, 7) is 2.80. The Hall–Kier alpha value is -2.94. The monoisotopic (exact) mass is 573 g/mol. The van der Waals surface area contributed by atoms with Crippen LogP contribution >= 0.6 is 11.6 Å². The second-order valence-electron chi connectivity index (χ2n) is 9.76. The van der Waals surface area contributed by atoms with Crippen molar-refractivity contribution in [3.8, 4) is 0 Å². The van der Waals surface area contributed by atoms with E-state index in [9.17, 15) is 22.8 Å². The average Bonchev–Trinajstić information content (AvgIpc) is 2.84. The zero-order valence-corrected chi connectivity index (χ0v) is 23.3. The number of alkyl halides is 3. The van der Waals surface area contributed by atoms with Gasteiger partial charge in [-0.2, -0.15) is 13.2 Å². The molecule has 0 unspecified atom stereocenters. The van der Waals surface area contributed by atoms with Gasteiger partial charge in [-0.15, -0.1) is 0 Å². The highest BCUT2D eigenvalue weighted by Crippen LogP contribution is 2.36. The lowest BCUT2D eigenvalue weighted by atomic mass is 9.76. The molecule has 0 radical (unpaired) electrons. The third-order valence-corrected chi connectivity index (χ3v) is 6.64. The second kappa shape index (κ2) is 18.4. The van der Waals surface area contributed by atoms with E-state index in [1.54, 1.807) is 26.2 Å². The normalized spacial score (nSPS) is 13.6. The molecule has 1 saturated heterocycles. The van der Waals surface area contributed by atoms with Crippen LogP contribution in [0.1, 0.15) is 62.4 Å². The quantitative estimate of drug-likeness (QED) is 0.327. The molecule has 2 N–H and O–H groups in total. The predicted octanol–water partition coefficient (Wildman–Crippen LogP) is 8.21. The first-order chi connectivity index (χ1) is 17.8. The van der Waals surface area contributed by atoms with E-state index in [1.165, 1.54) is 15.4 Å². The molecule has 0 aromatic heterocycles. The minimum absolute atomic E-state index is 0. The fourth-order valence-electron chi connectivity index (χ4n) is 3.97. The van der Waals surface area contributed by atoms with Crippen molar-refractivity contribution in [2.24, 2.45) is 5.41 Å². The number of anilines is 1. The van der Waals surface area contributed by atoms with Crippen LogP contribution in [0.25, 0.3) is 0 Å². The summed E-state index contributed by atoms with van der Waals surface area (Å²) in [6, 6.07) is 15.7. The van der Waals surface area contributed by atoms with E-state index >= 15 is 0 Å². The molecule has 1 aliphatic heterocycles. The number of hydrogen-bond acceptors (Lipinski definition) is 3. The van der Waals surface area contributed by atoms with Gasteiger partial charge < -0.3 is 20.2 Å². The standard InChI is InChI=1S/C20H30ClN3O3.C7H8.CHF3.CH4/c1-20(9-12-24(13-10-20)19(26)27)8-4-5-11-22-15-6-7-16(17(21)14-15)18(25)23(2)3;1-7-5-3-2-4-6-7;2-1(3)4;/h6-7,14,22H,4-5,8-13H2,1-3H3,(H,26,27);2-6H,1H3;1H;1H4. The number of nitrogens with one attached hydrogen (secondary N) is 1. The third-order valence-electron chi connectivity index (χ3n) is 6.32. The number of rotatable bonds is 7. The van der Waals surface area contributed by atoms with Gasteiger partial charge in [0.25, 0.3) is 5.91 Å². The van der Waals surface area contributed by atoms with E-state index in [4.69, 9.17) is 16.7 Å². The number of piperidine rings is 1. The van der Waals surface area contributed by atoms with Crippen LogP contribution in [-0.2, 0) is 0 Å². The van der Waals surface area contributed by atoms with Crippen molar-refractivity contribution in [2.45, 2.75) is 60.1 Å². The summed E-state index contributed by atoms with van der Waals surface area (Å²) < 4.78 is 29.0. The van der Waals surface area contributed by atoms with Gasteiger partial charge in [-0.25, -0.2) is 4.79 Å². The van der Waals surface area contributed by atoms with Crippen molar-refractivity contribution in [1.29, 1.82) is 0 Å². The summed E-state index contributed by atoms with van der Waals surface area (Å²) in [5, 5.41) is 12.9. The second-order valence-corrected chi connectivity index (χ2v) is 10.2. The highest BCUT2D eigenvalue weighted by molar-refractivity contribution is 6.34. The van der Waals surface area contributed by atoms with E-state index in [1.807, 2.05) is 24.3 Å². The minimum atomic E-state index is -3.67. The molecule has 10 heteroatoms. The molecular weight excluding hydrogens is 531 g/mol. The largest absolute Gasteiger partial charge is 0.465 e. The maximum absolute atomic E-state index is 12.0. The lowest BCUT2D eigenvalue weighted by molar-refractivity contribution is 0.00817. The Morgan fingerprint density at radius 1 is 1.08 bits per heavy atom. The van der Waals surface area contributed by atoms with Crippen molar-refractivity contribution in [1.82, 2.24) is 9.80 Å². The highest BCUT2D eigenvalue weighted by Gasteiger charge is 2.31. The molecule has 0 aliphatic carbocycles. The van der Waals surface area contributed by atoms with Crippen molar-refractivity contribution in [3.05, 3.63) is 64.7 Å². The minimum Gasteiger partial charge on any atom is -0.465 e. The Morgan fingerprint density at radius 3 is 2.08 bits per heavy atom. The summed E-state index contributed by atoms with van der Waals surface area (Å²) in [5.41, 5.74) is 2.98. The summed E-state index contributed by atoms with van der Waals surface area (Å²) >= 11 is 6.23. The number of unbranched alkanes of at least 4 members (excludes halogenated alkanes) is 1. The van der Waals surface area contributed by atoms with Gasteiger partial charge in [-0.1, -0.05) is 68.3 Å². The van der Waals surface area contributed by atoms with E-state index in [0.29, 0.717) is 23.7 Å². The van der Waals surface area contributed by atoms with Crippen LogP contribution in [0.5, 0.6) is 0 Å². The molecule has 1 aliphatic rings. The summed E-state index contributed by atoms with van der Waals surface area (Å²) in [4.78, 5) is 26.0. The Morgan fingerprint density at radius 2 is 1.64 bits per heavy atom. The van der Waals surface area contributed by atoms with E-state index in [0.717, 1.165) is 44.3 Å². The van der Waals surface area contributed by atoms with E-state index < -0.39 is 12.8 Å². The van der Waals surface area contributed by atoms with E-state index in [-0.39, 0.29) is 18.7 Å². The molecule has 1 fully saturated rings. The van der Waals surface area contributed by atoms with Gasteiger partial charge in [0, 0.05) is 39.4 Å². The molecule has 0 spiro atoms. The number of likely N-dealkylation sites (tertiary alicyclic amines) is 1. The summed E-state index contributed by atoms with van der Waals surface area (Å²) in [6.07, 6.45) is 4.31. The van der Waals surface area contributed by atoms with Crippen molar-refractivity contribution >= 4 is 29.3 Å². The molecule has 3 rings (SSSR count). The Bertz CT molecular complexity index is 983. The summed E-state index contributed by atoms with van der Waals surface area (Å²) in [7, 11) is 3.41. The number of carbonyl (C=O) groups is 2. The first-order valence-electron chi connectivity index (χ1n) is 12.5. The molecule has 1 heterocycles. The fraction of sp³-hybridized carbons (Fsp3) is 0.517. The molecule has 0 bridgehead atoms. The maximum Gasteiger partial charge on any atom is 0.407 e. The molecule has 220 valence electrons. The molecule has 39 heavy (non-hydrogen) atoms. The Labute approximate surface area is 236 Å². The smallest absolute Gasteiger partial charge is 0.407 e. The molecular formula is C29H43ClF3N3O3. The van der Waals surface area contributed by atoms with Crippen LogP contribution in [-0.4, -0.2) is 67.3 Å². The van der Waals surface area contributed by atoms with Gasteiger partial charge in [0.15, 0.2) is 0 Å². The predicted molar refractivity (Wildman–Crippen MR) is 154 cm³/mol. The summed E-state index contributed by atoms with van der Waals surface area (Å²) in [5.74, 6) is -0.103. The number of amides is 2. The molecule has 0 atom stereocenters. The number of halogens is 4. The number of nitrogens with zero attached hydrogens (tertiary/aromatic N) is 2. The number of benzene rings is 2. The lowest BCUT2D eigenvalue weighted by Crippen LogP contribution is -2.41. The fourth-order valence-corrected chi connectivity index (χ4v) is 4.23. The van der Waals surface area contributed by atoms with Crippen molar-refractivity contribution in [2.75, 3.05) is 39.0 Å². The van der Waals surface area contributed by atoms with Crippen LogP contribution in [0.4, 0.5) is 23.7 Å². The molecule has 2 aromatic carbocycles. The van der Waals surface area contributed by atoms with Crippen LogP contribution in [0.3, 0.4) is 0 Å². The number of hydrogen-bond donors (Lipinski definition) is 2. The van der Waals surface area contributed by atoms with Crippen molar-refractivity contribution < 1.29 is 27.9 Å². The number of aryl methyl sites for hydroxylation is 1. The van der Waals surface area contributed by atoms with Gasteiger partial charge >= 0.3 is 12.8 Å². The van der Waals surface area contributed by atoms with Gasteiger partial charge in [0.2, 0.25) is 0 Å². The molecule has 6 nitrogen and oxygen atoms in total. The van der Waals surface area contributed by atoms with Gasteiger partial charge in [-0.3, -0.25) is 4.79 Å². The zero-order chi connectivity index (χ0) is 28.7. The lowest BCUT2D eigenvalue weighted by Gasteiger charge is -2.38. The maximum atomic E-state index is 12.0. The van der Waals surface area contributed by atoms with Crippen LogP contribution < -0.4 is 5.32 Å². The first-order valence-corrected chi connectivity index (χ1v) is 12.9. The van der Waals surface area contributed by atoms with Gasteiger partial charge in [-0.05, 0) is 56.2 Å². The van der Waals surface area contributed by atoms with Gasteiger partial charge in [0.1, 0.15) is 0 Å². The molecule has 0 saturated carbocycles. The van der Waals surface area contributed by atoms with Crippen LogP contribution in [0, 0.1) is 12.3 Å². The average molecular weight is 574 g/mol. The zero-order valence-electron chi connectivity index (χ0n) is 22.5. The Kier molecular flexibility index (Phi) is 17.0. The number of carbonyl (C=O) groups excluding carboxylic acids is 1. The highest BCUT2D eigenvalue weighted by atomic mass is 35.5. The molecule has 2 aromatic rings. The SMILES string of the molecule is C.CN(C)C(=O)c1ccc(NCCCCC2(C)CCN(C(=O)O)CC2)cc1Cl.Cc1ccccc1.FC(F)F. The Balaban J connectivity index is 0.00000100. The van der Waals surface area contributed by atoms with Gasteiger partial charge in [0.05, 0.1) is 10.6 Å².